The molecule has 1 heterocycles. The van der Waals surface area contributed by atoms with Gasteiger partial charge in [0.15, 0.2) is 5.17 Å². The van der Waals surface area contributed by atoms with Crippen molar-refractivity contribution in [1.29, 1.82) is 0 Å². The van der Waals surface area contributed by atoms with E-state index in [0.717, 1.165) is 21.4 Å². The van der Waals surface area contributed by atoms with E-state index >= 15 is 0 Å². The summed E-state index contributed by atoms with van der Waals surface area (Å²) in [4.78, 5) is 4.49. The average Bonchev–Trinajstić information content (AvgIpc) is 2.17. The predicted molar refractivity (Wildman–Crippen MR) is 79.9 cm³/mol. The number of anilines is 1. The summed E-state index contributed by atoms with van der Waals surface area (Å²) < 4.78 is 0. The molecule has 0 amide bonds. The number of benzene rings is 1. The van der Waals surface area contributed by atoms with E-state index in [9.17, 15) is 0 Å². The van der Waals surface area contributed by atoms with Crippen LogP contribution in [0.3, 0.4) is 0 Å². The molecule has 0 saturated carbocycles. The first-order valence-corrected chi connectivity index (χ1v) is 6.00. The van der Waals surface area contributed by atoms with Crippen LogP contribution in [0.15, 0.2) is 23.2 Å². The van der Waals surface area contributed by atoms with Gasteiger partial charge >= 0.3 is 0 Å². The normalized spacial score (nSPS) is 18.3. The highest BCUT2D eigenvalue weighted by atomic mass is 127. The van der Waals surface area contributed by atoms with Crippen molar-refractivity contribution in [1.82, 2.24) is 0 Å². The van der Waals surface area contributed by atoms with Gasteiger partial charge in [-0.05, 0) is 25.3 Å². The van der Waals surface area contributed by atoms with Crippen LogP contribution >= 0.6 is 47.3 Å². The number of rotatable bonds is 0. The smallest absolute Gasteiger partial charge is 0.161 e. The summed E-state index contributed by atoms with van der Waals surface area (Å²) in [5.41, 5.74) is 2.16. The molecule has 1 aromatic rings. The number of amidine groups is 1. The minimum atomic E-state index is 0. The second-order valence-electron chi connectivity index (χ2n) is 3.14. The van der Waals surface area contributed by atoms with Crippen LogP contribution in [0, 0.1) is 0 Å². The van der Waals surface area contributed by atoms with Gasteiger partial charge in [-0.25, -0.2) is 0 Å². The summed E-state index contributed by atoms with van der Waals surface area (Å²) >= 11 is 7.73. The van der Waals surface area contributed by atoms with E-state index in [1.165, 1.54) is 0 Å². The molecule has 0 spiro atoms. The maximum absolute atomic E-state index is 6.11. The van der Waals surface area contributed by atoms with E-state index in [2.05, 4.69) is 17.2 Å². The molecule has 82 valence electrons. The van der Waals surface area contributed by atoms with Crippen LogP contribution in [0.1, 0.15) is 18.5 Å². The third-order valence-electron chi connectivity index (χ3n) is 2.22. The first-order valence-electron chi connectivity index (χ1n) is 4.39. The SMILES string of the molecule is CSC1=NC(C)c2c(Cl)cccc2N1.I. The zero-order valence-electron chi connectivity index (χ0n) is 8.45. The topological polar surface area (TPSA) is 24.4 Å². The second kappa shape index (κ2) is 5.41. The lowest BCUT2D eigenvalue weighted by molar-refractivity contribution is 0.817. The number of thioether (sulfide) groups is 1. The fraction of sp³-hybridized carbons (Fsp3) is 0.300. The van der Waals surface area contributed by atoms with Crippen LogP contribution in [0.5, 0.6) is 0 Å². The highest BCUT2D eigenvalue weighted by molar-refractivity contribution is 14.0. The Balaban J connectivity index is 0.00000112. The van der Waals surface area contributed by atoms with Crippen molar-refractivity contribution in [2.75, 3.05) is 11.6 Å². The Hall–Kier alpha value is 0.0600. The van der Waals surface area contributed by atoms with Crippen LogP contribution in [0.4, 0.5) is 5.69 Å². The number of hydrogen-bond acceptors (Lipinski definition) is 3. The van der Waals surface area contributed by atoms with Crippen LogP contribution in [-0.4, -0.2) is 11.4 Å². The van der Waals surface area contributed by atoms with E-state index in [1.807, 2.05) is 24.5 Å². The van der Waals surface area contributed by atoms with E-state index in [-0.39, 0.29) is 30.0 Å². The van der Waals surface area contributed by atoms with Gasteiger partial charge in [-0.3, -0.25) is 4.99 Å². The van der Waals surface area contributed by atoms with Gasteiger partial charge in [-0.15, -0.1) is 24.0 Å². The monoisotopic (exact) mass is 354 g/mol. The summed E-state index contributed by atoms with van der Waals surface area (Å²) in [5.74, 6) is 0. The van der Waals surface area contributed by atoms with Gasteiger partial charge in [0.05, 0.1) is 6.04 Å². The molecule has 2 rings (SSSR count). The van der Waals surface area contributed by atoms with Crippen LogP contribution < -0.4 is 5.32 Å². The highest BCUT2D eigenvalue weighted by Gasteiger charge is 2.19. The largest absolute Gasteiger partial charge is 0.335 e. The van der Waals surface area contributed by atoms with Gasteiger partial charge in [0.25, 0.3) is 0 Å². The first kappa shape index (κ1) is 13.1. The maximum Gasteiger partial charge on any atom is 0.161 e. The van der Waals surface area contributed by atoms with Gasteiger partial charge in [-0.1, -0.05) is 29.4 Å². The van der Waals surface area contributed by atoms with Crippen LogP contribution in [0.25, 0.3) is 0 Å². The molecule has 1 aromatic carbocycles. The quantitative estimate of drug-likeness (QED) is 0.707. The number of halogens is 2. The Kier molecular flexibility index (Phi) is 4.73. The van der Waals surface area contributed by atoms with Gasteiger partial charge in [0.2, 0.25) is 0 Å². The molecular weight excluding hydrogens is 343 g/mol. The molecule has 0 saturated heterocycles. The third kappa shape index (κ3) is 2.60. The van der Waals surface area contributed by atoms with E-state index in [0.29, 0.717) is 0 Å². The van der Waals surface area contributed by atoms with Crippen molar-refractivity contribution in [2.45, 2.75) is 13.0 Å². The first-order chi connectivity index (χ1) is 6.72. The van der Waals surface area contributed by atoms with E-state index in [4.69, 9.17) is 11.6 Å². The van der Waals surface area contributed by atoms with Crippen molar-refractivity contribution in [3.63, 3.8) is 0 Å². The average molecular weight is 355 g/mol. The number of nitrogens with zero attached hydrogens (tertiary/aromatic N) is 1. The molecule has 15 heavy (non-hydrogen) atoms. The van der Waals surface area contributed by atoms with Gasteiger partial charge in [0.1, 0.15) is 0 Å². The number of nitrogens with one attached hydrogen (secondary N) is 1. The summed E-state index contributed by atoms with van der Waals surface area (Å²) in [6.45, 7) is 2.06. The number of fused-ring (bicyclic) bond motifs is 1. The molecule has 1 atom stereocenters. The van der Waals surface area contributed by atoms with Crippen molar-refractivity contribution in [3.8, 4) is 0 Å². The van der Waals surface area contributed by atoms with Gasteiger partial charge < -0.3 is 5.32 Å². The molecule has 5 heteroatoms. The molecule has 1 aliphatic heterocycles. The lowest BCUT2D eigenvalue weighted by Gasteiger charge is -2.22. The summed E-state index contributed by atoms with van der Waals surface area (Å²) in [5, 5.41) is 4.98. The Morgan fingerprint density at radius 2 is 2.20 bits per heavy atom. The van der Waals surface area contributed by atoms with Crippen LogP contribution in [-0.2, 0) is 0 Å². The number of hydrogen-bond donors (Lipinski definition) is 1. The van der Waals surface area contributed by atoms with Crippen molar-refractivity contribution < 1.29 is 0 Å². The minimum Gasteiger partial charge on any atom is -0.335 e. The van der Waals surface area contributed by atoms with Crippen molar-refractivity contribution in [2.24, 2.45) is 4.99 Å². The summed E-state index contributed by atoms with van der Waals surface area (Å²) in [7, 11) is 0. The third-order valence-corrected chi connectivity index (χ3v) is 3.14. The van der Waals surface area contributed by atoms with Gasteiger partial charge in [0, 0.05) is 16.3 Å². The fourth-order valence-corrected chi connectivity index (χ4v) is 2.37. The fourth-order valence-electron chi connectivity index (χ4n) is 1.56. The molecule has 0 fully saturated rings. The van der Waals surface area contributed by atoms with Crippen LogP contribution in [0.2, 0.25) is 5.02 Å². The summed E-state index contributed by atoms with van der Waals surface area (Å²) in [6, 6.07) is 6.02. The Labute approximate surface area is 116 Å². The second-order valence-corrected chi connectivity index (χ2v) is 4.34. The Morgan fingerprint density at radius 1 is 1.47 bits per heavy atom. The molecule has 1 N–H and O–H groups in total. The predicted octanol–water partition coefficient (Wildman–Crippen LogP) is 4.16. The van der Waals surface area contributed by atoms with E-state index in [1.54, 1.807) is 11.8 Å². The molecule has 1 aliphatic rings. The number of aliphatic imine (C=N–C) groups is 1. The lowest BCUT2D eigenvalue weighted by atomic mass is 10.1. The Morgan fingerprint density at radius 3 is 2.87 bits per heavy atom. The molecule has 0 aromatic heterocycles. The van der Waals surface area contributed by atoms with Crippen molar-refractivity contribution in [3.05, 3.63) is 28.8 Å². The minimum absolute atomic E-state index is 0. The standard InChI is InChI=1S/C10H11ClN2S.HI/c1-6-9-7(11)4-3-5-8(9)13-10(12-6)14-2;/h3-6H,1-2H3,(H,12,13);1H. The molecule has 2 nitrogen and oxygen atoms in total. The molecule has 0 aliphatic carbocycles. The summed E-state index contributed by atoms with van der Waals surface area (Å²) in [6.07, 6.45) is 2.01. The molecule has 1 unspecified atom stereocenters. The van der Waals surface area contributed by atoms with Gasteiger partial charge in [-0.2, -0.15) is 0 Å². The Bertz CT molecular complexity index is 395. The zero-order valence-corrected chi connectivity index (χ0v) is 12.4. The van der Waals surface area contributed by atoms with E-state index < -0.39 is 0 Å². The highest BCUT2D eigenvalue weighted by Crippen LogP contribution is 2.36. The molecule has 0 radical (unpaired) electrons. The van der Waals surface area contributed by atoms with Crippen molar-refractivity contribution >= 4 is 58.2 Å². The lowest BCUT2D eigenvalue weighted by Crippen LogP contribution is -2.16. The molecular formula is C10H12ClIN2S. The maximum atomic E-state index is 6.11. The molecule has 0 bridgehead atoms. The zero-order chi connectivity index (χ0) is 10.1.